The van der Waals surface area contributed by atoms with Crippen LogP contribution in [0.4, 0.5) is 23.1 Å². The molecule has 34 heavy (non-hydrogen) atoms. The number of rotatable bonds is 3. The number of likely N-dealkylation sites (tertiary alicyclic amines) is 1. The first-order valence-electron chi connectivity index (χ1n) is 10.6. The molecule has 3 aromatic rings. The number of anilines is 1. The highest BCUT2D eigenvalue weighted by molar-refractivity contribution is 7.20. The minimum absolute atomic E-state index is 0.194. The van der Waals surface area contributed by atoms with E-state index in [-0.39, 0.29) is 17.8 Å². The smallest absolute Gasteiger partial charge is 0.444 e. The zero-order valence-corrected chi connectivity index (χ0v) is 19.5. The zero-order chi connectivity index (χ0) is 24.3. The standard InChI is InChI=1S/C22H22F3N5O3S/c1-21(2,3)33-20(31)29-11-14-9-28(10-15(14)12-29)19-27-30-17(8-26-18(30)34-19)13-5-4-6-16(7-13)32-22(23,24)25/h4-9,15H,10-12H2,1-3H3/t15-/m1/s1. The van der Waals surface area contributed by atoms with Crippen LogP contribution in [0.5, 0.6) is 5.75 Å². The number of imidazole rings is 1. The second-order valence-electron chi connectivity index (χ2n) is 9.21. The van der Waals surface area contributed by atoms with Crippen molar-refractivity contribution in [2.75, 3.05) is 24.5 Å². The van der Waals surface area contributed by atoms with Crippen LogP contribution in [0.15, 0.2) is 42.2 Å². The number of hydrogen-bond acceptors (Lipinski definition) is 7. The van der Waals surface area contributed by atoms with E-state index >= 15 is 0 Å². The Balaban J connectivity index is 1.34. The first-order valence-corrected chi connectivity index (χ1v) is 11.4. The van der Waals surface area contributed by atoms with Gasteiger partial charge in [-0.05, 0) is 38.5 Å². The van der Waals surface area contributed by atoms with Crippen molar-refractivity contribution in [1.82, 2.24) is 19.5 Å². The SMILES string of the molecule is CC(C)(C)OC(=O)N1CC2=CN(c3nn4c(-c5cccc(OC(F)(F)F)c5)cnc4s3)C[C@@H]2C1. The van der Waals surface area contributed by atoms with E-state index in [2.05, 4.69) is 14.8 Å². The van der Waals surface area contributed by atoms with Crippen molar-refractivity contribution in [3.8, 4) is 17.0 Å². The Bertz CT molecular complexity index is 1280. The zero-order valence-electron chi connectivity index (χ0n) is 18.7. The van der Waals surface area contributed by atoms with Gasteiger partial charge >= 0.3 is 12.5 Å². The molecule has 2 aromatic heterocycles. The van der Waals surface area contributed by atoms with Crippen molar-refractivity contribution in [1.29, 1.82) is 0 Å². The van der Waals surface area contributed by atoms with Gasteiger partial charge in [0.2, 0.25) is 10.1 Å². The Morgan fingerprint density at radius 2 is 2.00 bits per heavy atom. The number of nitrogens with zero attached hydrogens (tertiary/aromatic N) is 5. The summed E-state index contributed by atoms with van der Waals surface area (Å²) in [5.74, 6) is -0.110. The van der Waals surface area contributed by atoms with Crippen LogP contribution >= 0.6 is 11.3 Å². The molecule has 4 heterocycles. The molecule has 5 rings (SSSR count). The summed E-state index contributed by atoms with van der Waals surface area (Å²) in [5, 5.41) is 5.37. The molecule has 1 fully saturated rings. The van der Waals surface area contributed by atoms with Crippen LogP contribution in [0, 0.1) is 5.92 Å². The van der Waals surface area contributed by atoms with Crippen LogP contribution in [0.1, 0.15) is 20.8 Å². The van der Waals surface area contributed by atoms with E-state index < -0.39 is 12.0 Å². The van der Waals surface area contributed by atoms with Gasteiger partial charge in [-0.25, -0.2) is 14.3 Å². The number of amides is 1. The van der Waals surface area contributed by atoms with Gasteiger partial charge in [-0.15, -0.1) is 18.3 Å². The molecule has 1 saturated heterocycles. The fourth-order valence-corrected chi connectivity index (χ4v) is 4.92. The lowest BCUT2D eigenvalue weighted by Gasteiger charge is -2.25. The Labute approximate surface area is 197 Å². The van der Waals surface area contributed by atoms with Gasteiger partial charge in [0.05, 0.1) is 11.9 Å². The molecule has 1 aromatic carbocycles. The number of alkyl halides is 3. The van der Waals surface area contributed by atoms with Gasteiger partial charge in [0.1, 0.15) is 11.4 Å². The molecular weight excluding hydrogens is 471 g/mol. The van der Waals surface area contributed by atoms with Crippen molar-refractivity contribution < 1.29 is 27.4 Å². The quantitative estimate of drug-likeness (QED) is 0.516. The van der Waals surface area contributed by atoms with Gasteiger partial charge in [-0.1, -0.05) is 23.5 Å². The van der Waals surface area contributed by atoms with Gasteiger partial charge < -0.3 is 19.3 Å². The number of carbonyl (C=O) groups excluding carboxylic acids is 1. The minimum Gasteiger partial charge on any atom is -0.444 e. The highest BCUT2D eigenvalue weighted by Gasteiger charge is 2.38. The van der Waals surface area contributed by atoms with E-state index in [0.717, 1.165) is 10.7 Å². The highest BCUT2D eigenvalue weighted by atomic mass is 32.1. The van der Waals surface area contributed by atoms with Crippen molar-refractivity contribution in [2.24, 2.45) is 5.92 Å². The molecule has 2 aliphatic rings. The second kappa shape index (κ2) is 7.90. The summed E-state index contributed by atoms with van der Waals surface area (Å²) < 4.78 is 48.9. The molecule has 0 saturated carbocycles. The number of fused-ring (bicyclic) bond motifs is 2. The van der Waals surface area contributed by atoms with E-state index in [1.165, 1.54) is 29.5 Å². The lowest BCUT2D eigenvalue weighted by molar-refractivity contribution is -0.274. The van der Waals surface area contributed by atoms with E-state index in [1.54, 1.807) is 21.7 Å². The topological polar surface area (TPSA) is 72.2 Å². The molecule has 1 atom stereocenters. The third-order valence-corrected chi connectivity index (χ3v) is 6.37. The Kier molecular flexibility index (Phi) is 5.23. The summed E-state index contributed by atoms with van der Waals surface area (Å²) in [4.78, 5) is 21.1. The molecule has 12 heteroatoms. The van der Waals surface area contributed by atoms with Crippen molar-refractivity contribution in [3.05, 3.63) is 42.2 Å². The Morgan fingerprint density at radius 1 is 1.21 bits per heavy atom. The van der Waals surface area contributed by atoms with Crippen LogP contribution in [-0.4, -0.2) is 57.2 Å². The molecule has 0 N–H and O–H groups in total. The molecule has 0 spiro atoms. The van der Waals surface area contributed by atoms with Gasteiger partial charge in [-0.3, -0.25) is 0 Å². The van der Waals surface area contributed by atoms with Crippen LogP contribution < -0.4 is 9.64 Å². The molecular formula is C22H22F3N5O3S. The molecule has 0 aliphatic carbocycles. The van der Waals surface area contributed by atoms with Crippen LogP contribution in [0.2, 0.25) is 0 Å². The molecule has 0 bridgehead atoms. The maximum atomic E-state index is 12.6. The molecule has 180 valence electrons. The lowest BCUT2D eigenvalue weighted by atomic mass is 10.1. The molecule has 0 unspecified atom stereocenters. The fourth-order valence-electron chi connectivity index (χ4n) is 4.06. The summed E-state index contributed by atoms with van der Waals surface area (Å²) >= 11 is 1.38. The second-order valence-corrected chi connectivity index (χ2v) is 10.1. The summed E-state index contributed by atoms with van der Waals surface area (Å²) in [7, 11) is 0. The summed E-state index contributed by atoms with van der Waals surface area (Å²) in [6.07, 6.45) is -1.50. The van der Waals surface area contributed by atoms with E-state index in [9.17, 15) is 18.0 Å². The molecule has 2 aliphatic heterocycles. The maximum Gasteiger partial charge on any atom is 0.573 e. The number of aromatic nitrogens is 3. The number of halogens is 3. The average molecular weight is 494 g/mol. The number of carbonyl (C=O) groups is 1. The van der Waals surface area contributed by atoms with Crippen LogP contribution in [0.25, 0.3) is 16.2 Å². The van der Waals surface area contributed by atoms with Crippen molar-refractivity contribution >= 4 is 27.5 Å². The first kappa shape index (κ1) is 22.5. The van der Waals surface area contributed by atoms with Gasteiger partial charge in [0.15, 0.2) is 0 Å². The number of ether oxygens (including phenoxy) is 2. The van der Waals surface area contributed by atoms with E-state index in [1.807, 2.05) is 31.9 Å². The van der Waals surface area contributed by atoms with Crippen LogP contribution in [-0.2, 0) is 4.74 Å². The van der Waals surface area contributed by atoms with Gasteiger partial charge in [-0.2, -0.15) is 0 Å². The molecule has 0 radical (unpaired) electrons. The molecule has 1 amide bonds. The summed E-state index contributed by atoms with van der Waals surface area (Å²) in [5.41, 5.74) is 1.67. The summed E-state index contributed by atoms with van der Waals surface area (Å²) in [6.45, 7) is 7.29. The van der Waals surface area contributed by atoms with E-state index in [4.69, 9.17) is 4.74 Å². The first-order chi connectivity index (χ1) is 15.9. The predicted molar refractivity (Wildman–Crippen MR) is 120 cm³/mol. The van der Waals surface area contributed by atoms with Crippen molar-refractivity contribution in [3.63, 3.8) is 0 Å². The monoisotopic (exact) mass is 493 g/mol. The van der Waals surface area contributed by atoms with Gasteiger partial charge in [0.25, 0.3) is 0 Å². The number of hydrogen-bond donors (Lipinski definition) is 0. The van der Waals surface area contributed by atoms with Crippen molar-refractivity contribution in [2.45, 2.75) is 32.7 Å². The van der Waals surface area contributed by atoms with Gasteiger partial charge in [0, 0.05) is 37.3 Å². The molecule has 8 nitrogen and oxygen atoms in total. The van der Waals surface area contributed by atoms with E-state index in [0.29, 0.717) is 35.9 Å². The normalized spacial score (nSPS) is 18.4. The minimum atomic E-state index is -4.76. The Morgan fingerprint density at radius 3 is 2.71 bits per heavy atom. The third-order valence-electron chi connectivity index (χ3n) is 5.41. The third kappa shape index (κ3) is 4.54. The summed E-state index contributed by atoms with van der Waals surface area (Å²) in [6, 6.07) is 5.73. The van der Waals surface area contributed by atoms with Crippen LogP contribution in [0.3, 0.4) is 0 Å². The Hall–Kier alpha value is -3.28. The average Bonchev–Trinajstić information content (AvgIpc) is 3.44. The predicted octanol–water partition coefficient (Wildman–Crippen LogP) is 4.93. The lowest BCUT2D eigenvalue weighted by Crippen LogP contribution is -2.36. The maximum absolute atomic E-state index is 12.6. The largest absolute Gasteiger partial charge is 0.573 e. The number of benzene rings is 1. The highest BCUT2D eigenvalue weighted by Crippen LogP contribution is 2.36. The fraction of sp³-hybridized carbons (Fsp3) is 0.409.